The average Bonchev–Trinajstić information content (AvgIpc) is 2.56. The smallest absolute Gasteiger partial charge is 0.263 e. The van der Waals surface area contributed by atoms with Crippen LogP contribution in [-0.4, -0.2) is 5.91 Å². The molecule has 1 N–H and O–H groups in total. The number of carbonyl (C=O) groups is 1. The largest absolute Gasteiger partial charge is 0.465 e. The minimum Gasteiger partial charge on any atom is -0.465 e. The van der Waals surface area contributed by atoms with Crippen molar-refractivity contribution in [1.29, 1.82) is 0 Å². The molecule has 0 spiro atoms. The number of amides is 1. The Bertz CT molecular complexity index is 899. The van der Waals surface area contributed by atoms with Crippen molar-refractivity contribution in [2.24, 2.45) is 0 Å². The maximum Gasteiger partial charge on any atom is 0.263 e. The molecule has 0 bridgehead atoms. The van der Waals surface area contributed by atoms with Crippen molar-refractivity contribution in [3.8, 4) is 0 Å². The third kappa shape index (κ3) is 3.60. The first-order valence-corrected chi connectivity index (χ1v) is 7.67. The van der Waals surface area contributed by atoms with Gasteiger partial charge >= 0.3 is 0 Å². The lowest BCUT2D eigenvalue weighted by Gasteiger charge is -2.10. The van der Waals surface area contributed by atoms with Crippen LogP contribution in [0, 0.1) is 6.92 Å². The molecule has 0 atom stereocenters. The molecule has 2 aromatic carbocycles. The summed E-state index contributed by atoms with van der Waals surface area (Å²) in [5.41, 5.74) is 1.32. The van der Waals surface area contributed by atoms with Crippen LogP contribution in [0.3, 0.4) is 0 Å². The molecular weight excluding hydrogens is 302 g/mol. The van der Waals surface area contributed by atoms with Crippen molar-refractivity contribution in [1.82, 2.24) is 0 Å². The van der Waals surface area contributed by atoms with E-state index in [0.29, 0.717) is 23.6 Å². The van der Waals surface area contributed by atoms with Crippen LogP contribution in [0.5, 0.6) is 0 Å². The van der Waals surface area contributed by atoms with Crippen LogP contribution in [0.4, 0.5) is 5.69 Å². The van der Waals surface area contributed by atoms with Gasteiger partial charge in [0.1, 0.15) is 17.1 Å². The highest BCUT2D eigenvalue weighted by atomic mass is 16.3. The van der Waals surface area contributed by atoms with Gasteiger partial charge in [-0.15, -0.1) is 0 Å². The summed E-state index contributed by atoms with van der Waals surface area (Å²) in [6, 6.07) is 20.0. The van der Waals surface area contributed by atoms with Gasteiger partial charge in [-0.25, -0.2) is 0 Å². The summed E-state index contributed by atoms with van der Waals surface area (Å²) >= 11 is 0. The highest BCUT2D eigenvalue weighted by molar-refractivity contribution is 6.04. The molecule has 0 aliphatic heterocycles. The molecule has 0 fully saturated rings. The van der Waals surface area contributed by atoms with Gasteiger partial charge in [-0.3, -0.25) is 9.59 Å². The highest BCUT2D eigenvalue weighted by Crippen LogP contribution is 2.15. The molecule has 120 valence electrons. The Morgan fingerprint density at radius 2 is 1.62 bits per heavy atom. The van der Waals surface area contributed by atoms with Crippen molar-refractivity contribution >= 4 is 11.6 Å². The normalized spacial score (nSPS) is 10.4. The second-order valence-electron chi connectivity index (χ2n) is 5.50. The predicted octanol–water partition coefficient (Wildman–Crippen LogP) is 3.79. The fraction of sp³-hybridized carbons (Fsp3) is 0.100. The Morgan fingerprint density at radius 3 is 2.29 bits per heavy atom. The summed E-state index contributed by atoms with van der Waals surface area (Å²) in [5.74, 6) is 0.405. The quantitative estimate of drug-likeness (QED) is 0.796. The summed E-state index contributed by atoms with van der Waals surface area (Å²) in [7, 11) is 0. The zero-order valence-corrected chi connectivity index (χ0v) is 13.3. The van der Waals surface area contributed by atoms with Crippen molar-refractivity contribution in [2.75, 3.05) is 5.32 Å². The van der Waals surface area contributed by atoms with E-state index in [1.807, 2.05) is 48.5 Å². The summed E-state index contributed by atoms with van der Waals surface area (Å²) in [4.78, 5) is 24.9. The van der Waals surface area contributed by atoms with Gasteiger partial charge in [0.25, 0.3) is 5.91 Å². The van der Waals surface area contributed by atoms with E-state index in [1.54, 1.807) is 19.1 Å². The van der Waals surface area contributed by atoms with Gasteiger partial charge in [0.05, 0.1) is 0 Å². The molecule has 0 saturated heterocycles. The number of aryl methyl sites for hydroxylation is 1. The van der Waals surface area contributed by atoms with Crippen LogP contribution < -0.4 is 10.7 Å². The lowest BCUT2D eigenvalue weighted by molar-refractivity contribution is 0.102. The number of nitrogens with one attached hydrogen (secondary N) is 1. The monoisotopic (exact) mass is 319 g/mol. The molecule has 1 aromatic heterocycles. The van der Waals surface area contributed by atoms with Crippen LogP contribution >= 0.6 is 0 Å². The molecule has 1 heterocycles. The third-order valence-electron chi connectivity index (χ3n) is 3.61. The second kappa shape index (κ2) is 6.96. The topological polar surface area (TPSA) is 59.3 Å². The maximum atomic E-state index is 12.6. The van der Waals surface area contributed by atoms with Crippen molar-refractivity contribution in [2.45, 2.75) is 13.3 Å². The molecule has 0 unspecified atom stereocenters. The van der Waals surface area contributed by atoms with Gasteiger partial charge in [-0.05, 0) is 24.6 Å². The van der Waals surface area contributed by atoms with Gasteiger partial charge in [-0.2, -0.15) is 0 Å². The van der Waals surface area contributed by atoms with Gasteiger partial charge in [-0.1, -0.05) is 48.5 Å². The number of carbonyl (C=O) groups excluding carboxylic acids is 1. The van der Waals surface area contributed by atoms with Crippen LogP contribution in [-0.2, 0) is 6.42 Å². The van der Waals surface area contributed by atoms with E-state index in [0.717, 1.165) is 5.56 Å². The molecule has 4 nitrogen and oxygen atoms in total. The molecular formula is C20H17NO3. The van der Waals surface area contributed by atoms with Crippen LogP contribution in [0.15, 0.2) is 75.9 Å². The summed E-state index contributed by atoms with van der Waals surface area (Å²) in [6.07, 6.45) is 0.384. The van der Waals surface area contributed by atoms with Crippen LogP contribution in [0.1, 0.15) is 27.4 Å². The molecule has 3 aromatic rings. The third-order valence-corrected chi connectivity index (χ3v) is 3.61. The Hall–Kier alpha value is -3.14. The maximum absolute atomic E-state index is 12.6. The van der Waals surface area contributed by atoms with Gasteiger partial charge < -0.3 is 9.73 Å². The number of hydrogen-bond acceptors (Lipinski definition) is 3. The van der Waals surface area contributed by atoms with Crippen molar-refractivity contribution < 1.29 is 9.21 Å². The Kier molecular flexibility index (Phi) is 4.57. The van der Waals surface area contributed by atoms with E-state index in [9.17, 15) is 9.59 Å². The van der Waals surface area contributed by atoms with Crippen molar-refractivity contribution in [3.05, 3.63) is 99.6 Å². The zero-order valence-electron chi connectivity index (χ0n) is 13.3. The summed E-state index contributed by atoms with van der Waals surface area (Å²) < 4.78 is 5.69. The molecule has 0 saturated carbocycles. The minimum absolute atomic E-state index is 0.0494. The van der Waals surface area contributed by atoms with Crippen molar-refractivity contribution in [3.63, 3.8) is 0 Å². The van der Waals surface area contributed by atoms with E-state index >= 15 is 0 Å². The van der Waals surface area contributed by atoms with E-state index in [2.05, 4.69) is 5.32 Å². The number of rotatable bonds is 4. The lowest BCUT2D eigenvalue weighted by Crippen LogP contribution is -2.23. The Balaban J connectivity index is 1.97. The number of hydrogen-bond donors (Lipinski definition) is 1. The summed E-state index contributed by atoms with van der Waals surface area (Å²) in [5, 5.41) is 2.75. The minimum atomic E-state index is -0.458. The number of benzene rings is 2. The van der Waals surface area contributed by atoms with E-state index in [1.165, 1.54) is 6.07 Å². The number of para-hydroxylation sites is 1. The standard InChI is InChI=1S/C20H17NO3/c1-14-12-17(22)19(20(23)21-16-10-6-3-7-11-16)18(24-14)13-15-8-4-2-5-9-15/h2-12H,13H2,1H3,(H,21,23). The molecule has 0 aliphatic carbocycles. The summed E-state index contributed by atoms with van der Waals surface area (Å²) in [6.45, 7) is 1.70. The van der Waals surface area contributed by atoms with Gasteiger partial charge in [0.15, 0.2) is 5.43 Å². The first-order chi connectivity index (χ1) is 11.6. The molecule has 4 heteroatoms. The Labute approximate surface area is 139 Å². The second-order valence-corrected chi connectivity index (χ2v) is 5.50. The fourth-order valence-corrected chi connectivity index (χ4v) is 2.53. The molecule has 24 heavy (non-hydrogen) atoms. The van der Waals surface area contributed by atoms with Crippen LogP contribution in [0.25, 0.3) is 0 Å². The SMILES string of the molecule is Cc1cc(=O)c(C(=O)Nc2ccccc2)c(Cc2ccccc2)o1. The van der Waals surface area contributed by atoms with Gasteiger partial charge in [0, 0.05) is 18.2 Å². The first kappa shape index (κ1) is 15.7. The average molecular weight is 319 g/mol. The number of anilines is 1. The molecule has 0 aliphatic rings. The first-order valence-electron chi connectivity index (χ1n) is 7.67. The van der Waals surface area contributed by atoms with E-state index in [-0.39, 0.29) is 11.0 Å². The van der Waals surface area contributed by atoms with Crippen LogP contribution in [0.2, 0.25) is 0 Å². The molecule has 3 rings (SSSR count). The zero-order chi connectivity index (χ0) is 16.9. The van der Waals surface area contributed by atoms with Gasteiger partial charge in [0.2, 0.25) is 0 Å². The molecule has 0 radical (unpaired) electrons. The highest BCUT2D eigenvalue weighted by Gasteiger charge is 2.19. The van der Waals surface area contributed by atoms with E-state index in [4.69, 9.17) is 4.42 Å². The lowest BCUT2D eigenvalue weighted by atomic mass is 10.1. The molecule has 1 amide bonds. The van der Waals surface area contributed by atoms with E-state index < -0.39 is 5.91 Å². The fourth-order valence-electron chi connectivity index (χ4n) is 2.53. The predicted molar refractivity (Wildman–Crippen MR) is 93.4 cm³/mol. The Morgan fingerprint density at radius 1 is 1.00 bits per heavy atom.